The van der Waals surface area contributed by atoms with Crippen LogP contribution in [0.2, 0.25) is 0 Å². The molecule has 19 heavy (non-hydrogen) atoms. The lowest BCUT2D eigenvalue weighted by atomic mass is 10.1. The molecule has 1 rings (SSSR count). The summed E-state index contributed by atoms with van der Waals surface area (Å²) in [4.78, 5) is 15.4. The molecule has 1 heterocycles. The number of ether oxygens (including phenoxy) is 2. The first-order chi connectivity index (χ1) is 9.15. The molecule has 0 saturated carbocycles. The number of hydrogen-bond acceptors (Lipinski definition) is 4. The first-order valence-electron chi connectivity index (χ1n) is 6.57. The molecule has 1 N–H and O–H groups in total. The molecule has 0 bridgehead atoms. The molecule has 0 aliphatic carbocycles. The molecule has 5 heteroatoms. The molecule has 106 valence electrons. The lowest BCUT2D eigenvalue weighted by Gasteiger charge is -2.09. The second kappa shape index (κ2) is 8.48. The van der Waals surface area contributed by atoms with Crippen molar-refractivity contribution in [3.05, 3.63) is 23.9 Å². The zero-order valence-electron chi connectivity index (χ0n) is 11.8. The number of carbonyl (C=O) groups is 1. The van der Waals surface area contributed by atoms with E-state index in [9.17, 15) is 4.79 Å². The van der Waals surface area contributed by atoms with Gasteiger partial charge in [0.05, 0.1) is 12.7 Å². The van der Waals surface area contributed by atoms with Crippen molar-refractivity contribution in [3.63, 3.8) is 0 Å². The number of nitrogens with one attached hydrogen (secondary N) is 1. The molecule has 1 atom stereocenters. The quantitative estimate of drug-likeness (QED) is 0.824. The molecule has 0 saturated heterocycles. The molecule has 0 aliphatic rings. The molecule has 5 nitrogen and oxygen atoms in total. The third-order valence-corrected chi connectivity index (χ3v) is 2.81. The van der Waals surface area contributed by atoms with Crippen molar-refractivity contribution in [2.45, 2.75) is 39.2 Å². The maximum Gasteiger partial charge on any atom is 0.412 e. The highest BCUT2D eigenvalue weighted by Gasteiger charge is 2.04. The first-order valence-corrected chi connectivity index (χ1v) is 6.57. The van der Waals surface area contributed by atoms with Crippen LogP contribution in [0, 0.1) is 0 Å². The Bertz CT molecular complexity index is 396. The van der Waals surface area contributed by atoms with Crippen LogP contribution in [0.15, 0.2) is 18.3 Å². The summed E-state index contributed by atoms with van der Waals surface area (Å²) in [6.07, 6.45) is 4.49. The molecule has 1 unspecified atom stereocenters. The monoisotopic (exact) mass is 266 g/mol. The van der Waals surface area contributed by atoms with Crippen LogP contribution < -0.4 is 5.32 Å². The van der Waals surface area contributed by atoms with Crippen LogP contribution in [-0.2, 0) is 15.9 Å². The van der Waals surface area contributed by atoms with E-state index in [1.807, 2.05) is 12.1 Å². The summed E-state index contributed by atoms with van der Waals surface area (Å²) < 4.78 is 10.0. The van der Waals surface area contributed by atoms with Gasteiger partial charge in [0.15, 0.2) is 0 Å². The summed E-state index contributed by atoms with van der Waals surface area (Å²) in [5.74, 6) is 0.524. The van der Waals surface area contributed by atoms with Crippen LogP contribution >= 0.6 is 0 Å². The zero-order chi connectivity index (χ0) is 14.1. The van der Waals surface area contributed by atoms with E-state index >= 15 is 0 Å². The number of pyridine rings is 1. The van der Waals surface area contributed by atoms with E-state index in [1.54, 1.807) is 20.2 Å². The second-order valence-corrected chi connectivity index (χ2v) is 4.33. The van der Waals surface area contributed by atoms with Gasteiger partial charge < -0.3 is 9.47 Å². The van der Waals surface area contributed by atoms with Crippen molar-refractivity contribution in [3.8, 4) is 0 Å². The number of amides is 1. The van der Waals surface area contributed by atoms with Gasteiger partial charge in [-0.15, -0.1) is 0 Å². The van der Waals surface area contributed by atoms with E-state index < -0.39 is 6.09 Å². The normalized spacial score (nSPS) is 11.9. The fourth-order valence-electron chi connectivity index (χ4n) is 1.68. The van der Waals surface area contributed by atoms with Gasteiger partial charge in [-0.2, -0.15) is 0 Å². The van der Waals surface area contributed by atoms with Gasteiger partial charge in [0.1, 0.15) is 5.82 Å². The third kappa shape index (κ3) is 6.20. The highest BCUT2D eigenvalue weighted by molar-refractivity contribution is 5.83. The van der Waals surface area contributed by atoms with Gasteiger partial charge in [-0.25, -0.2) is 9.78 Å². The van der Waals surface area contributed by atoms with Crippen LogP contribution in [0.3, 0.4) is 0 Å². The van der Waals surface area contributed by atoms with Crippen LogP contribution in [0.4, 0.5) is 10.6 Å². The van der Waals surface area contributed by atoms with Crippen LogP contribution in [0.25, 0.3) is 0 Å². The van der Waals surface area contributed by atoms with E-state index in [-0.39, 0.29) is 6.10 Å². The van der Waals surface area contributed by atoms with Gasteiger partial charge in [0.2, 0.25) is 0 Å². The Hall–Kier alpha value is -1.62. The van der Waals surface area contributed by atoms with E-state index in [0.29, 0.717) is 12.4 Å². The minimum absolute atomic E-state index is 0.277. The Morgan fingerprint density at radius 2 is 2.32 bits per heavy atom. The van der Waals surface area contributed by atoms with E-state index in [0.717, 1.165) is 24.8 Å². The molecular weight excluding hydrogens is 244 g/mol. The second-order valence-electron chi connectivity index (χ2n) is 4.33. The average molecular weight is 266 g/mol. The highest BCUT2D eigenvalue weighted by Crippen LogP contribution is 2.11. The molecule has 0 radical (unpaired) electrons. The number of rotatable bonds is 7. The summed E-state index contributed by atoms with van der Waals surface area (Å²) in [6.45, 7) is 4.17. The largest absolute Gasteiger partial charge is 0.450 e. The minimum atomic E-state index is -0.472. The fourth-order valence-corrected chi connectivity index (χ4v) is 1.68. The smallest absolute Gasteiger partial charge is 0.412 e. The molecule has 0 fully saturated rings. The van der Waals surface area contributed by atoms with Gasteiger partial charge >= 0.3 is 6.09 Å². The van der Waals surface area contributed by atoms with Crippen molar-refractivity contribution in [1.29, 1.82) is 0 Å². The predicted molar refractivity (Wildman–Crippen MR) is 74.3 cm³/mol. The third-order valence-electron chi connectivity index (χ3n) is 2.81. The summed E-state index contributed by atoms with van der Waals surface area (Å²) in [7, 11) is 1.72. The van der Waals surface area contributed by atoms with Crippen molar-refractivity contribution < 1.29 is 14.3 Å². The van der Waals surface area contributed by atoms with E-state index in [2.05, 4.69) is 17.2 Å². The summed E-state index contributed by atoms with van der Waals surface area (Å²) in [6, 6.07) is 3.82. The number of carbonyl (C=O) groups excluding carboxylic acids is 1. The first kappa shape index (κ1) is 15.4. The van der Waals surface area contributed by atoms with Crippen LogP contribution in [-0.4, -0.2) is 30.9 Å². The van der Waals surface area contributed by atoms with Gasteiger partial charge in [0, 0.05) is 13.3 Å². The van der Waals surface area contributed by atoms with Crippen LogP contribution in [0.1, 0.15) is 32.3 Å². The number of anilines is 1. The van der Waals surface area contributed by atoms with Crippen molar-refractivity contribution in [2.75, 3.05) is 19.0 Å². The topological polar surface area (TPSA) is 60.5 Å². The van der Waals surface area contributed by atoms with Gasteiger partial charge in [0.25, 0.3) is 0 Å². The highest BCUT2D eigenvalue weighted by atomic mass is 16.5. The molecule has 0 spiro atoms. The van der Waals surface area contributed by atoms with Gasteiger partial charge in [-0.3, -0.25) is 5.32 Å². The van der Waals surface area contributed by atoms with Gasteiger partial charge in [-0.1, -0.05) is 0 Å². The van der Waals surface area contributed by atoms with Gasteiger partial charge in [-0.05, 0) is 50.8 Å². The van der Waals surface area contributed by atoms with Crippen LogP contribution in [0.5, 0.6) is 0 Å². The maximum absolute atomic E-state index is 11.3. The Morgan fingerprint density at radius 3 is 3.00 bits per heavy atom. The number of aryl methyl sites for hydroxylation is 1. The number of methoxy groups -OCH3 is 1. The maximum atomic E-state index is 11.3. The summed E-state index contributed by atoms with van der Waals surface area (Å²) in [5, 5.41) is 2.60. The molecule has 0 aromatic carbocycles. The zero-order valence-corrected chi connectivity index (χ0v) is 11.8. The molecular formula is C14H22N2O3. The molecule has 0 aliphatic heterocycles. The van der Waals surface area contributed by atoms with Crippen molar-refractivity contribution in [1.82, 2.24) is 4.98 Å². The minimum Gasteiger partial charge on any atom is -0.450 e. The Morgan fingerprint density at radius 1 is 1.53 bits per heavy atom. The standard InChI is InChI=1S/C14H22N2O3/c1-4-19-14(17)16-13-10-12(8-9-15-13)7-5-6-11(2)18-3/h8-11H,4-7H2,1-3H3,(H,15,16,17). The fraction of sp³-hybridized carbons (Fsp3) is 0.571. The SMILES string of the molecule is CCOC(=O)Nc1cc(CCCC(C)OC)ccn1. The molecule has 1 aromatic heterocycles. The number of hydrogen-bond donors (Lipinski definition) is 1. The predicted octanol–water partition coefficient (Wildman–Crippen LogP) is 3.01. The van der Waals surface area contributed by atoms with E-state index in [1.165, 1.54) is 0 Å². The van der Waals surface area contributed by atoms with E-state index in [4.69, 9.17) is 9.47 Å². The van der Waals surface area contributed by atoms with Crippen molar-refractivity contribution in [2.24, 2.45) is 0 Å². The Labute approximate surface area is 114 Å². The Kier molecular flexibility index (Phi) is 6.89. The lowest BCUT2D eigenvalue weighted by Crippen LogP contribution is -2.14. The number of nitrogens with zero attached hydrogens (tertiary/aromatic N) is 1. The number of aromatic nitrogens is 1. The Balaban J connectivity index is 2.45. The molecule has 1 aromatic rings. The summed E-state index contributed by atoms with van der Waals surface area (Å²) >= 11 is 0. The lowest BCUT2D eigenvalue weighted by molar-refractivity contribution is 0.109. The summed E-state index contributed by atoms with van der Waals surface area (Å²) in [5.41, 5.74) is 1.14. The van der Waals surface area contributed by atoms with Crippen molar-refractivity contribution >= 4 is 11.9 Å². The average Bonchev–Trinajstić information content (AvgIpc) is 2.39. The molecule has 1 amide bonds.